The Hall–Kier alpha value is -1.89. The molecule has 0 aliphatic heterocycles. The third-order valence-electron chi connectivity index (χ3n) is 3.49. The molecular weight excluding hydrogens is 284 g/mol. The van der Waals surface area contributed by atoms with Crippen molar-refractivity contribution < 1.29 is 0 Å². The van der Waals surface area contributed by atoms with Crippen molar-refractivity contribution in [3.05, 3.63) is 30.1 Å². The first-order valence-electron chi connectivity index (χ1n) is 7.06. The maximum absolute atomic E-state index is 4.67. The Balaban J connectivity index is 1.88. The molecule has 3 aromatic heterocycles. The number of hydrogen-bond donors (Lipinski definition) is 0. The molecule has 0 amide bonds. The summed E-state index contributed by atoms with van der Waals surface area (Å²) in [7, 11) is 0. The fraction of sp³-hybridized carbons (Fsp3) is 0.429. The van der Waals surface area contributed by atoms with Crippen molar-refractivity contribution in [2.45, 2.75) is 44.8 Å². The molecule has 0 aromatic carbocycles. The molecule has 0 N–H and O–H groups in total. The summed E-state index contributed by atoms with van der Waals surface area (Å²) in [5, 5.41) is 9.40. The largest absolute Gasteiger partial charge is 0.319 e. The minimum atomic E-state index is 0.769. The van der Waals surface area contributed by atoms with E-state index in [0.29, 0.717) is 0 Å². The second-order valence-corrected chi connectivity index (χ2v) is 5.64. The van der Waals surface area contributed by atoms with Crippen molar-refractivity contribution >= 4 is 22.8 Å². The molecule has 0 spiro atoms. The van der Waals surface area contributed by atoms with Gasteiger partial charge < -0.3 is 9.13 Å². The van der Waals surface area contributed by atoms with Gasteiger partial charge in [-0.1, -0.05) is 11.8 Å². The zero-order valence-electron chi connectivity index (χ0n) is 12.4. The lowest BCUT2D eigenvalue weighted by Crippen LogP contribution is -2.03. The van der Waals surface area contributed by atoms with Gasteiger partial charge in [-0.05, 0) is 26.8 Å². The molecule has 3 heterocycles. The monoisotopic (exact) mass is 302 g/mol. The fourth-order valence-electron chi connectivity index (χ4n) is 2.45. The lowest BCUT2D eigenvalue weighted by molar-refractivity contribution is 0.692. The van der Waals surface area contributed by atoms with Crippen molar-refractivity contribution in [1.82, 2.24) is 29.3 Å². The van der Waals surface area contributed by atoms with Gasteiger partial charge in [0.1, 0.15) is 17.2 Å². The summed E-state index contributed by atoms with van der Waals surface area (Å²) in [5.41, 5.74) is 2.07. The molecule has 6 nitrogen and oxygen atoms in total. The second-order valence-electron chi connectivity index (χ2n) is 4.70. The molecule has 0 bridgehead atoms. The van der Waals surface area contributed by atoms with Crippen LogP contribution in [-0.4, -0.2) is 29.3 Å². The topological polar surface area (TPSA) is 61.4 Å². The average molecular weight is 302 g/mol. The summed E-state index contributed by atoms with van der Waals surface area (Å²) in [6.45, 7) is 8.00. The number of thioether (sulfide) groups is 1. The summed E-state index contributed by atoms with van der Waals surface area (Å²) in [6, 6.07) is 2.01. The summed E-state index contributed by atoms with van der Waals surface area (Å²) < 4.78 is 4.34. The molecule has 0 aliphatic rings. The van der Waals surface area contributed by atoms with Gasteiger partial charge in [-0.3, -0.25) is 4.98 Å². The van der Waals surface area contributed by atoms with Crippen LogP contribution in [-0.2, 0) is 18.8 Å². The van der Waals surface area contributed by atoms with Crippen LogP contribution in [0.4, 0.5) is 0 Å². The van der Waals surface area contributed by atoms with Gasteiger partial charge in [0.15, 0.2) is 5.16 Å². The SMILES string of the molecule is CCn1c(C)nnc1CSc1nc2cnccc2n1CC. The minimum absolute atomic E-state index is 0.769. The highest BCUT2D eigenvalue weighted by molar-refractivity contribution is 7.98. The van der Waals surface area contributed by atoms with E-state index in [2.05, 4.69) is 43.1 Å². The summed E-state index contributed by atoms with van der Waals surface area (Å²) in [5.74, 6) is 2.72. The normalized spacial score (nSPS) is 11.4. The molecule has 3 rings (SSSR count). The molecule has 0 saturated carbocycles. The van der Waals surface area contributed by atoms with Gasteiger partial charge in [-0.2, -0.15) is 0 Å². The van der Waals surface area contributed by atoms with Crippen molar-refractivity contribution in [2.24, 2.45) is 0 Å². The summed E-state index contributed by atoms with van der Waals surface area (Å²) in [6.07, 6.45) is 3.62. The molecule has 0 radical (unpaired) electrons. The number of fused-ring (bicyclic) bond motifs is 1. The van der Waals surface area contributed by atoms with E-state index in [1.807, 2.05) is 25.4 Å². The van der Waals surface area contributed by atoms with Crippen LogP contribution < -0.4 is 0 Å². The van der Waals surface area contributed by atoms with E-state index in [1.165, 1.54) is 0 Å². The van der Waals surface area contributed by atoms with Crippen LogP contribution in [0.25, 0.3) is 11.0 Å². The predicted molar refractivity (Wildman–Crippen MR) is 83.2 cm³/mol. The zero-order chi connectivity index (χ0) is 14.8. The highest BCUT2D eigenvalue weighted by atomic mass is 32.2. The van der Waals surface area contributed by atoms with Crippen LogP contribution in [0.15, 0.2) is 23.6 Å². The Bertz CT molecular complexity index is 760. The number of imidazole rings is 1. The van der Waals surface area contributed by atoms with E-state index in [4.69, 9.17) is 0 Å². The number of aryl methyl sites for hydroxylation is 2. The summed E-state index contributed by atoms with van der Waals surface area (Å²) in [4.78, 5) is 8.81. The molecule has 0 aliphatic carbocycles. The second kappa shape index (κ2) is 5.85. The van der Waals surface area contributed by atoms with Crippen molar-refractivity contribution in [2.75, 3.05) is 0 Å². The van der Waals surface area contributed by atoms with Gasteiger partial charge >= 0.3 is 0 Å². The van der Waals surface area contributed by atoms with Crippen molar-refractivity contribution in [3.63, 3.8) is 0 Å². The molecule has 0 saturated heterocycles. The number of hydrogen-bond acceptors (Lipinski definition) is 5. The van der Waals surface area contributed by atoms with Gasteiger partial charge in [-0.15, -0.1) is 10.2 Å². The maximum atomic E-state index is 4.67. The van der Waals surface area contributed by atoms with Crippen LogP contribution in [0.2, 0.25) is 0 Å². The van der Waals surface area contributed by atoms with Gasteiger partial charge in [0.25, 0.3) is 0 Å². The first-order chi connectivity index (χ1) is 10.2. The van der Waals surface area contributed by atoms with Crippen LogP contribution in [0.1, 0.15) is 25.5 Å². The van der Waals surface area contributed by atoms with E-state index < -0.39 is 0 Å². The maximum Gasteiger partial charge on any atom is 0.169 e. The summed E-state index contributed by atoms with van der Waals surface area (Å²) >= 11 is 1.69. The Morgan fingerprint density at radius 2 is 1.95 bits per heavy atom. The third kappa shape index (κ3) is 2.53. The van der Waals surface area contributed by atoms with Gasteiger partial charge in [0, 0.05) is 19.3 Å². The first-order valence-corrected chi connectivity index (χ1v) is 8.04. The number of rotatable bonds is 5. The number of aromatic nitrogens is 6. The molecule has 110 valence electrons. The van der Waals surface area contributed by atoms with Crippen LogP contribution in [0, 0.1) is 6.92 Å². The molecule has 21 heavy (non-hydrogen) atoms. The Labute approximate surface area is 127 Å². The molecule has 7 heteroatoms. The highest BCUT2D eigenvalue weighted by Crippen LogP contribution is 2.26. The smallest absolute Gasteiger partial charge is 0.169 e. The Morgan fingerprint density at radius 1 is 1.14 bits per heavy atom. The van der Waals surface area contributed by atoms with E-state index in [9.17, 15) is 0 Å². The van der Waals surface area contributed by atoms with Crippen molar-refractivity contribution in [3.8, 4) is 0 Å². The van der Waals surface area contributed by atoms with E-state index in [1.54, 1.807) is 11.8 Å². The number of nitrogens with zero attached hydrogens (tertiary/aromatic N) is 6. The zero-order valence-corrected chi connectivity index (χ0v) is 13.3. The van der Waals surface area contributed by atoms with E-state index >= 15 is 0 Å². The molecule has 0 fully saturated rings. The first kappa shape index (κ1) is 14.1. The Kier molecular flexibility index (Phi) is 3.92. The van der Waals surface area contributed by atoms with Gasteiger partial charge in [0.05, 0.1) is 17.5 Å². The van der Waals surface area contributed by atoms with Gasteiger partial charge in [0.2, 0.25) is 0 Å². The van der Waals surface area contributed by atoms with Crippen LogP contribution >= 0.6 is 11.8 Å². The Morgan fingerprint density at radius 3 is 2.71 bits per heavy atom. The van der Waals surface area contributed by atoms with Gasteiger partial charge in [-0.25, -0.2) is 4.98 Å². The van der Waals surface area contributed by atoms with Crippen LogP contribution in [0.3, 0.4) is 0 Å². The van der Waals surface area contributed by atoms with E-state index in [-0.39, 0.29) is 0 Å². The van der Waals surface area contributed by atoms with Crippen LogP contribution in [0.5, 0.6) is 0 Å². The average Bonchev–Trinajstić information content (AvgIpc) is 3.04. The molecule has 0 unspecified atom stereocenters. The molecule has 0 atom stereocenters. The molecular formula is C14H18N6S. The molecule has 3 aromatic rings. The lowest BCUT2D eigenvalue weighted by Gasteiger charge is -2.06. The fourth-order valence-corrected chi connectivity index (χ4v) is 3.47. The third-order valence-corrected chi connectivity index (χ3v) is 4.46. The minimum Gasteiger partial charge on any atom is -0.319 e. The highest BCUT2D eigenvalue weighted by Gasteiger charge is 2.13. The predicted octanol–water partition coefficient (Wildman–Crippen LogP) is 2.66. The standard InChI is InChI=1S/C14H18N6S/c1-4-19-10(3)17-18-13(19)9-21-14-16-11-8-15-7-6-12(11)20(14)5-2/h6-8H,4-5,9H2,1-3H3. The van der Waals surface area contributed by atoms with Crippen molar-refractivity contribution in [1.29, 1.82) is 0 Å². The van der Waals surface area contributed by atoms with E-state index in [0.717, 1.165) is 46.7 Å². The number of pyridine rings is 1. The quantitative estimate of drug-likeness (QED) is 0.678. The lowest BCUT2D eigenvalue weighted by atomic mass is 10.4.